The number of nitrogens with zero attached hydrogens (tertiary/aromatic N) is 1. The fraction of sp³-hybridized carbons (Fsp3) is 0.471. The van der Waals surface area contributed by atoms with Gasteiger partial charge in [-0.25, -0.2) is 4.98 Å². The van der Waals surface area contributed by atoms with Gasteiger partial charge in [-0.15, -0.1) is 11.3 Å². The fourth-order valence-corrected chi connectivity index (χ4v) is 2.90. The van der Waals surface area contributed by atoms with Gasteiger partial charge in [0.2, 0.25) is 0 Å². The van der Waals surface area contributed by atoms with Crippen molar-refractivity contribution in [2.45, 2.75) is 52.7 Å². The number of thiazole rings is 1. The minimum atomic E-state index is -0.345. The molecule has 0 spiro atoms. The number of benzene rings is 1. The van der Waals surface area contributed by atoms with Crippen LogP contribution in [0.5, 0.6) is 5.75 Å². The van der Waals surface area contributed by atoms with Crippen molar-refractivity contribution in [1.29, 1.82) is 0 Å². The molecule has 114 valence electrons. The highest BCUT2D eigenvalue weighted by Gasteiger charge is 2.18. The minimum absolute atomic E-state index is 0.345. The zero-order valence-corrected chi connectivity index (χ0v) is 14.3. The molecule has 0 saturated heterocycles. The Bertz CT molecular complexity index is 611. The molecule has 1 aromatic carbocycles. The topological polar surface area (TPSA) is 48.1 Å². The Kier molecular flexibility index (Phi) is 4.69. The van der Waals surface area contributed by atoms with Gasteiger partial charge in [0.1, 0.15) is 17.4 Å². The predicted octanol–water partition coefficient (Wildman–Crippen LogP) is 4.35. The van der Waals surface area contributed by atoms with Gasteiger partial charge in [0.05, 0.1) is 0 Å². The second-order valence-electron chi connectivity index (χ2n) is 6.32. The molecule has 4 heteroatoms. The van der Waals surface area contributed by atoms with E-state index in [9.17, 15) is 0 Å². The van der Waals surface area contributed by atoms with Gasteiger partial charge in [-0.1, -0.05) is 26.0 Å². The van der Waals surface area contributed by atoms with Gasteiger partial charge in [-0.2, -0.15) is 0 Å². The first-order valence-electron chi connectivity index (χ1n) is 7.25. The number of rotatable bonds is 5. The highest BCUT2D eigenvalue weighted by atomic mass is 32.1. The minimum Gasteiger partial charge on any atom is -0.486 e. The molecule has 3 nitrogen and oxygen atoms in total. The van der Waals surface area contributed by atoms with Crippen LogP contribution in [-0.2, 0) is 12.1 Å². The lowest BCUT2D eigenvalue weighted by molar-refractivity contribution is 0.301. The van der Waals surface area contributed by atoms with Crippen molar-refractivity contribution in [3.63, 3.8) is 0 Å². The lowest BCUT2D eigenvalue weighted by Gasteiger charge is -2.15. The van der Waals surface area contributed by atoms with E-state index in [1.165, 1.54) is 11.1 Å². The third-order valence-electron chi connectivity index (χ3n) is 3.33. The molecule has 0 fully saturated rings. The van der Waals surface area contributed by atoms with Gasteiger partial charge in [-0.3, -0.25) is 0 Å². The maximum absolute atomic E-state index is 6.09. The summed E-state index contributed by atoms with van der Waals surface area (Å²) in [5, 5.41) is 0.958. The van der Waals surface area contributed by atoms with Gasteiger partial charge in [0, 0.05) is 16.6 Å². The molecule has 0 aliphatic carbocycles. The van der Waals surface area contributed by atoms with Crippen LogP contribution in [0, 0.1) is 6.92 Å². The molecule has 0 aliphatic rings. The van der Waals surface area contributed by atoms with E-state index in [0.29, 0.717) is 12.5 Å². The largest absolute Gasteiger partial charge is 0.486 e. The molecule has 2 aromatic rings. The number of hydrogen-bond donors (Lipinski definition) is 1. The molecule has 0 unspecified atom stereocenters. The lowest BCUT2D eigenvalue weighted by Crippen LogP contribution is -2.27. The van der Waals surface area contributed by atoms with Crippen LogP contribution in [0.2, 0.25) is 0 Å². The first-order valence-corrected chi connectivity index (χ1v) is 8.06. The van der Waals surface area contributed by atoms with Crippen molar-refractivity contribution < 1.29 is 4.74 Å². The highest BCUT2D eigenvalue weighted by Crippen LogP contribution is 2.29. The Morgan fingerprint density at radius 2 is 2.05 bits per heavy atom. The van der Waals surface area contributed by atoms with E-state index in [1.807, 2.05) is 20.0 Å². The first kappa shape index (κ1) is 16.0. The molecular weight excluding hydrogens is 280 g/mol. The van der Waals surface area contributed by atoms with Crippen LogP contribution in [-0.4, -0.2) is 4.98 Å². The van der Waals surface area contributed by atoms with Gasteiger partial charge in [0.25, 0.3) is 0 Å². The third kappa shape index (κ3) is 4.05. The second kappa shape index (κ2) is 6.16. The average molecular weight is 304 g/mol. The normalized spacial score (nSPS) is 12.0. The van der Waals surface area contributed by atoms with E-state index >= 15 is 0 Å². The summed E-state index contributed by atoms with van der Waals surface area (Å²) < 4.78 is 6.00. The maximum Gasteiger partial charge on any atom is 0.140 e. The monoisotopic (exact) mass is 304 g/mol. The number of nitrogens with two attached hydrogens (primary N) is 1. The summed E-state index contributed by atoms with van der Waals surface area (Å²) in [6.07, 6.45) is 1.85. The molecule has 1 heterocycles. The Morgan fingerprint density at radius 1 is 1.33 bits per heavy atom. The molecule has 0 saturated carbocycles. The lowest BCUT2D eigenvalue weighted by atomic mass is 10.0. The second-order valence-corrected chi connectivity index (χ2v) is 7.44. The quantitative estimate of drug-likeness (QED) is 0.893. The summed E-state index contributed by atoms with van der Waals surface area (Å²) in [4.78, 5) is 5.49. The van der Waals surface area contributed by atoms with Crippen LogP contribution in [0.4, 0.5) is 0 Å². The molecule has 21 heavy (non-hydrogen) atoms. The number of hydrogen-bond acceptors (Lipinski definition) is 4. The summed E-state index contributed by atoms with van der Waals surface area (Å²) in [6.45, 7) is 10.9. The Morgan fingerprint density at radius 3 is 2.62 bits per heavy atom. The van der Waals surface area contributed by atoms with Crippen LogP contribution in [0.15, 0.2) is 24.4 Å². The Labute approximate surface area is 131 Å². The Balaban J connectivity index is 2.13. The van der Waals surface area contributed by atoms with Crippen LogP contribution < -0.4 is 10.5 Å². The van der Waals surface area contributed by atoms with E-state index in [-0.39, 0.29) is 5.54 Å². The molecule has 0 bridgehead atoms. The summed E-state index contributed by atoms with van der Waals surface area (Å²) in [5.41, 5.74) is 8.18. The number of aryl methyl sites for hydroxylation is 1. The molecular formula is C17H24N2OS. The van der Waals surface area contributed by atoms with Crippen LogP contribution in [0.25, 0.3) is 0 Å². The van der Waals surface area contributed by atoms with Crippen LogP contribution in [0.3, 0.4) is 0 Å². The fourth-order valence-electron chi connectivity index (χ4n) is 2.06. The predicted molar refractivity (Wildman–Crippen MR) is 88.9 cm³/mol. The third-order valence-corrected chi connectivity index (χ3v) is 4.64. The molecule has 0 atom stereocenters. The number of aromatic nitrogens is 1. The Hall–Kier alpha value is -1.39. The molecule has 0 radical (unpaired) electrons. The van der Waals surface area contributed by atoms with Gasteiger partial charge in [0.15, 0.2) is 0 Å². The molecule has 0 amide bonds. The maximum atomic E-state index is 6.09. The van der Waals surface area contributed by atoms with Crippen molar-refractivity contribution in [3.8, 4) is 5.75 Å². The van der Waals surface area contributed by atoms with Crippen molar-refractivity contribution in [2.75, 3.05) is 0 Å². The van der Waals surface area contributed by atoms with E-state index in [4.69, 9.17) is 10.5 Å². The first-order chi connectivity index (χ1) is 9.77. The van der Waals surface area contributed by atoms with E-state index in [1.54, 1.807) is 11.3 Å². The summed E-state index contributed by atoms with van der Waals surface area (Å²) >= 11 is 1.62. The molecule has 1 aromatic heterocycles. The van der Waals surface area contributed by atoms with E-state index < -0.39 is 0 Å². The zero-order chi connectivity index (χ0) is 15.6. The van der Waals surface area contributed by atoms with Crippen molar-refractivity contribution in [1.82, 2.24) is 4.98 Å². The smallest absolute Gasteiger partial charge is 0.140 e. The number of ether oxygens (including phenoxy) is 1. The van der Waals surface area contributed by atoms with Crippen LogP contribution >= 0.6 is 11.3 Å². The summed E-state index contributed by atoms with van der Waals surface area (Å²) in [6, 6.07) is 6.36. The molecule has 2 N–H and O–H groups in total. The SMILES string of the molecule is Cc1ccc(C(C)C)c(OCc2ncc(C(C)(C)N)s2)c1. The van der Waals surface area contributed by atoms with Crippen molar-refractivity contribution >= 4 is 11.3 Å². The van der Waals surface area contributed by atoms with Crippen LogP contribution in [0.1, 0.15) is 54.6 Å². The van der Waals surface area contributed by atoms with E-state index in [0.717, 1.165) is 15.6 Å². The average Bonchev–Trinajstić information content (AvgIpc) is 2.84. The van der Waals surface area contributed by atoms with Crippen molar-refractivity contribution in [3.05, 3.63) is 45.4 Å². The van der Waals surface area contributed by atoms with Gasteiger partial charge >= 0.3 is 0 Å². The highest BCUT2D eigenvalue weighted by molar-refractivity contribution is 7.11. The van der Waals surface area contributed by atoms with Crippen molar-refractivity contribution in [2.24, 2.45) is 5.73 Å². The summed E-state index contributed by atoms with van der Waals surface area (Å²) in [7, 11) is 0. The zero-order valence-electron chi connectivity index (χ0n) is 13.4. The van der Waals surface area contributed by atoms with Gasteiger partial charge < -0.3 is 10.5 Å². The standard InChI is InChI=1S/C17H24N2OS/c1-11(2)13-7-6-12(3)8-14(13)20-10-16-19-9-15(21-16)17(4,5)18/h6-9,11H,10,18H2,1-5H3. The molecule has 2 rings (SSSR count). The van der Waals surface area contributed by atoms with Gasteiger partial charge in [-0.05, 0) is 43.9 Å². The molecule has 0 aliphatic heterocycles. The summed E-state index contributed by atoms with van der Waals surface area (Å²) in [5.74, 6) is 1.39. The van der Waals surface area contributed by atoms with E-state index in [2.05, 4.69) is 44.0 Å².